The lowest BCUT2D eigenvalue weighted by Crippen LogP contribution is -2.41. The third kappa shape index (κ3) is 3.37. The van der Waals surface area contributed by atoms with E-state index in [4.69, 9.17) is 0 Å². The molecule has 1 heterocycles. The fraction of sp³-hybridized carbons (Fsp3) is 0.588. The third-order valence-corrected chi connectivity index (χ3v) is 6.20. The van der Waals surface area contributed by atoms with Crippen LogP contribution in [0.3, 0.4) is 0 Å². The zero-order valence-corrected chi connectivity index (χ0v) is 14.5. The van der Waals surface area contributed by atoms with Gasteiger partial charge in [0, 0.05) is 18.2 Å². The molecule has 0 spiro atoms. The lowest BCUT2D eigenvalue weighted by molar-refractivity contribution is 0.0910. The summed E-state index contributed by atoms with van der Waals surface area (Å²) >= 11 is 0. The zero-order chi connectivity index (χ0) is 16.6. The predicted molar refractivity (Wildman–Crippen MR) is 91.2 cm³/mol. The molecule has 1 aromatic rings. The van der Waals surface area contributed by atoms with Crippen molar-refractivity contribution >= 4 is 21.6 Å². The van der Waals surface area contributed by atoms with E-state index in [9.17, 15) is 13.2 Å². The average molecular weight is 336 g/mol. The maximum Gasteiger partial charge on any atom is 0.251 e. The van der Waals surface area contributed by atoms with Crippen molar-refractivity contribution in [3.05, 3.63) is 29.3 Å². The van der Waals surface area contributed by atoms with Gasteiger partial charge in [-0.15, -0.1) is 0 Å². The molecule has 2 aliphatic rings. The minimum absolute atomic E-state index is 0.0515. The number of fused-ring (bicyclic) bond motifs is 1. The van der Waals surface area contributed by atoms with Crippen LogP contribution in [-0.2, 0) is 16.4 Å². The molecule has 1 aromatic carbocycles. The van der Waals surface area contributed by atoms with Crippen LogP contribution in [0.4, 0.5) is 5.69 Å². The van der Waals surface area contributed by atoms with Gasteiger partial charge in [0.1, 0.15) is 0 Å². The number of carbonyl (C=O) groups is 1. The van der Waals surface area contributed by atoms with Crippen molar-refractivity contribution in [2.24, 2.45) is 5.92 Å². The summed E-state index contributed by atoms with van der Waals surface area (Å²) in [5.74, 6) is 0.465. The molecular formula is C17H24N2O3S. The molecule has 3 rings (SSSR count). The van der Waals surface area contributed by atoms with Gasteiger partial charge in [0.05, 0.1) is 11.9 Å². The number of hydrogen-bond donors (Lipinski definition) is 1. The topological polar surface area (TPSA) is 66.5 Å². The molecule has 6 heteroatoms. The Morgan fingerprint density at radius 1 is 1.26 bits per heavy atom. The van der Waals surface area contributed by atoms with E-state index in [1.165, 1.54) is 29.8 Å². The van der Waals surface area contributed by atoms with E-state index in [0.29, 0.717) is 30.1 Å². The van der Waals surface area contributed by atoms with E-state index in [0.717, 1.165) is 12.0 Å². The van der Waals surface area contributed by atoms with Gasteiger partial charge in [-0.3, -0.25) is 9.10 Å². The van der Waals surface area contributed by atoms with Gasteiger partial charge in [-0.05, 0) is 48.9 Å². The number of carbonyl (C=O) groups excluding carboxylic acids is 1. The second kappa shape index (κ2) is 6.15. The van der Waals surface area contributed by atoms with Gasteiger partial charge in [0.25, 0.3) is 5.91 Å². The van der Waals surface area contributed by atoms with Crippen molar-refractivity contribution in [1.29, 1.82) is 0 Å². The molecule has 5 nitrogen and oxygen atoms in total. The van der Waals surface area contributed by atoms with Gasteiger partial charge in [0.2, 0.25) is 10.0 Å². The summed E-state index contributed by atoms with van der Waals surface area (Å²) in [7, 11) is -3.25. The highest BCUT2D eigenvalue weighted by Gasteiger charge is 2.28. The molecule has 1 aliphatic carbocycles. The molecule has 2 unspecified atom stereocenters. The van der Waals surface area contributed by atoms with Crippen molar-refractivity contribution in [1.82, 2.24) is 5.32 Å². The van der Waals surface area contributed by atoms with Crippen molar-refractivity contribution in [3.63, 3.8) is 0 Å². The van der Waals surface area contributed by atoms with Crippen LogP contribution >= 0.6 is 0 Å². The lowest BCUT2D eigenvalue weighted by atomic mass is 9.86. The highest BCUT2D eigenvalue weighted by atomic mass is 32.2. The van der Waals surface area contributed by atoms with E-state index >= 15 is 0 Å². The Labute approximate surface area is 138 Å². The van der Waals surface area contributed by atoms with Gasteiger partial charge in [0.15, 0.2) is 0 Å². The monoisotopic (exact) mass is 336 g/mol. The number of anilines is 1. The van der Waals surface area contributed by atoms with Gasteiger partial charge in [-0.1, -0.05) is 19.8 Å². The van der Waals surface area contributed by atoms with Crippen LogP contribution in [0.5, 0.6) is 0 Å². The first-order chi connectivity index (χ1) is 10.9. The summed E-state index contributed by atoms with van der Waals surface area (Å²) in [5, 5.41) is 3.15. The van der Waals surface area contributed by atoms with Crippen LogP contribution in [0.1, 0.15) is 48.5 Å². The Morgan fingerprint density at radius 2 is 2.00 bits per heavy atom. The van der Waals surface area contributed by atoms with Crippen LogP contribution in [0, 0.1) is 5.92 Å². The number of rotatable bonds is 3. The van der Waals surface area contributed by atoms with Gasteiger partial charge in [-0.25, -0.2) is 8.42 Å². The number of sulfonamides is 1. The van der Waals surface area contributed by atoms with E-state index in [-0.39, 0.29) is 11.9 Å². The third-order valence-electron chi connectivity index (χ3n) is 5.02. The first kappa shape index (κ1) is 16.3. The quantitative estimate of drug-likeness (QED) is 0.921. The molecule has 1 aliphatic heterocycles. The average Bonchev–Trinajstić information content (AvgIpc) is 2.92. The Bertz CT molecular complexity index is 715. The van der Waals surface area contributed by atoms with Crippen LogP contribution in [0.15, 0.2) is 18.2 Å². The normalized spacial score (nSPS) is 24.3. The van der Waals surface area contributed by atoms with Crippen LogP contribution < -0.4 is 9.62 Å². The highest BCUT2D eigenvalue weighted by Crippen LogP contribution is 2.31. The summed E-state index contributed by atoms with van der Waals surface area (Å²) < 4.78 is 24.9. The second-order valence-electron chi connectivity index (χ2n) is 6.77. The lowest BCUT2D eigenvalue weighted by Gasteiger charge is -2.29. The van der Waals surface area contributed by atoms with Crippen molar-refractivity contribution in [2.45, 2.75) is 45.1 Å². The summed E-state index contributed by atoms with van der Waals surface area (Å²) in [5.41, 5.74) is 2.26. The van der Waals surface area contributed by atoms with E-state index in [2.05, 4.69) is 12.2 Å². The molecule has 23 heavy (non-hydrogen) atoms. The fourth-order valence-corrected chi connectivity index (χ4v) is 4.60. The minimum atomic E-state index is -3.25. The Kier molecular flexibility index (Phi) is 4.36. The summed E-state index contributed by atoms with van der Waals surface area (Å²) in [6.45, 7) is 2.65. The summed E-state index contributed by atoms with van der Waals surface area (Å²) in [4.78, 5) is 12.5. The van der Waals surface area contributed by atoms with E-state index < -0.39 is 10.0 Å². The maximum absolute atomic E-state index is 12.5. The Balaban J connectivity index is 1.76. The van der Waals surface area contributed by atoms with E-state index in [1.807, 2.05) is 6.07 Å². The number of nitrogens with zero attached hydrogens (tertiary/aromatic N) is 1. The van der Waals surface area contributed by atoms with Crippen LogP contribution in [0.25, 0.3) is 0 Å². The van der Waals surface area contributed by atoms with Gasteiger partial charge < -0.3 is 5.32 Å². The minimum Gasteiger partial charge on any atom is -0.349 e. The molecule has 0 saturated heterocycles. The number of amides is 1. The maximum atomic E-state index is 12.5. The number of benzene rings is 1. The van der Waals surface area contributed by atoms with E-state index in [1.54, 1.807) is 12.1 Å². The van der Waals surface area contributed by atoms with Crippen LogP contribution in [0.2, 0.25) is 0 Å². The van der Waals surface area contributed by atoms with Crippen molar-refractivity contribution < 1.29 is 13.2 Å². The van der Waals surface area contributed by atoms with Gasteiger partial charge in [-0.2, -0.15) is 0 Å². The molecule has 2 atom stereocenters. The van der Waals surface area contributed by atoms with Crippen molar-refractivity contribution in [2.75, 3.05) is 17.1 Å². The predicted octanol–water partition coefficient (Wildman–Crippen LogP) is 2.32. The fourth-order valence-electron chi connectivity index (χ4n) is 3.64. The molecule has 0 bridgehead atoms. The number of nitrogens with one attached hydrogen (secondary N) is 1. The smallest absolute Gasteiger partial charge is 0.251 e. The van der Waals surface area contributed by atoms with Gasteiger partial charge >= 0.3 is 0 Å². The molecule has 126 valence electrons. The number of hydrogen-bond acceptors (Lipinski definition) is 3. The zero-order valence-electron chi connectivity index (χ0n) is 13.7. The largest absolute Gasteiger partial charge is 0.349 e. The Morgan fingerprint density at radius 3 is 2.70 bits per heavy atom. The molecule has 0 aromatic heterocycles. The summed E-state index contributed by atoms with van der Waals surface area (Å²) in [6, 6.07) is 5.56. The highest BCUT2D eigenvalue weighted by molar-refractivity contribution is 7.92. The standard InChI is InChI=1S/C17H24N2O3S/c1-12-5-3-4-6-15(12)18-17(20)14-7-8-16-13(11-14)9-10-19(16)23(2,21)22/h7-8,11-12,15H,3-6,9-10H2,1-2H3,(H,18,20). The molecule has 1 fully saturated rings. The molecule has 1 N–H and O–H groups in total. The molecular weight excluding hydrogens is 312 g/mol. The second-order valence-corrected chi connectivity index (χ2v) is 8.68. The molecule has 1 saturated carbocycles. The van der Waals surface area contributed by atoms with Crippen molar-refractivity contribution in [3.8, 4) is 0 Å². The summed E-state index contributed by atoms with van der Waals surface area (Å²) in [6.07, 6.45) is 6.49. The Hall–Kier alpha value is -1.56. The first-order valence-corrected chi connectivity index (χ1v) is 10.1. The molecule has 0 radical (unpaired) electrons. The first-order valence-electron chi connectivity index (χ1n) is 8.28. The SMILES string of the molecule is CC1CCCCC1NC(=O)c1ccc2c(c1)CCN2S(C)(=O)=O. The molecule has 1 amide bonds. The van der Waals surface area contributed by atoms with Crippen LogP contribution in [-0.4, -0.2) is 33.2 Å².